The third kappa shape index (κ3) is 6.16. The highest BCUT2D eigenvalue weighted by molar-refractivity contribution is 7.96. The van der Waals surface area contributed by atoms with E-state index in [2.05, 4.69) is 0 Å². The zero-order valence-corrected chi connectivity index (χ0v) is 25.0. The standard InChI is InChI=1S/C30H31F3N2O6S2/c1-2-41-28-23(12-13-25-27(28)26(20-42(25,37)38)43(39,40)22-9-4-3-5-10-22)29(36)35-18-16-34(17-19-35)15-14-21-8-6-7-11-24(21)30(31,32)33/h3-13,26H,2,14-20H2,1H3. The second-order valence-electron chi connectivity index (χ2n) is 10.5. The van der Waals surface area contributed by atoms with E-state index < -0.39 is 48.3 Å². The van der Waals surface area contributed by atoms with Crippen LogP contribution in [-0.2, 0) is 32.3 Å². The number of halogens is 3. The van der Waals surface area contributed by atoms with Gasteiger partial charge in [0, 0.05) is 38.3 Å². The van der Waals surface area contributed by atoms with Crippen molar-refractivity contribution in [1.82, 2.24) is 9.80 Å². The monoisotopic (exact) mass is 636 g/mol. The quantitative estimate of drug-likeness (QED) is 0.361. The van der Waals surface area contributed by atoms with E-state index in [9.17, 15) is 34.8 Å². The highest BCUT2D eigenvalue weighted by Gasteiger charge is 2.46. The van der Waals surface area contributed by atoms with E-state index in [1.165, 1.54) is 36.4 Å². The van der Waals surface area contributed by atoms with Gasteiger partial charge >= 0.3 is 6.18 Å². The Bertz CT molecular complexity index is 1720. The van der Waals surface area contributed by atoms with Crippen molar-refractivity contribution < 1.29 is 39.5 Å². The minimum absolute atomic E-state index is 0.0291. The summed E-state index contributed by atoms with van der Waals surface area (Å²) in [6, 6.07) is 15.7. The van der Waals surface area contributed by atoms with Crippen LogP contribution in [0, 0.1) is 0 Å². The molecule has 1 amide bonds. The van der Waals surface area contributed by atoms with E-state index in [0.717, 1.165) is 6.07 Å². The van der Waals surface area contributed by atoms with Crippen LogP contribution in [-0.4, -0.2) is 77.6 Å². The van der Waals surface area contributed by atoms with Gasteiger partial charge in [-0.15, -0.1) is 0 Å². The molecule has 2 heterocycles. The molecule has 43 heavy (non-hydrogen) atoms. The van der Waals surface area contributed by atoms with Gasteiger partial charge in [-0.1, -0.05) is 36.4 Å². The van der Waals surface area contributed by atoms with Crippen LogP contribution >= 0.6 is 0 Å². The molecule has 230 valence electrons. The number of benzene rings is 3. The van der Waals surface area contributed by atoms with Crippen LogP contribution in [0.2, 0.25) is 0 Å². The second kappa shape index (κ2) is 11.9. The Morgan fingerprint density at radius 2 is 1.60 bits per heavy atom. The molecule has 5 rings (SSSR count). The van der Waals surface area contributed by atoms with Crippen molar-refractivity contribution in [1.29, 1.82) is 0 Å². The normalized spacial score (nSPS) is 18.8. The molecule has 0 aliphatic carbocycles. The van der Waals surface area contributed by atoms with Crippen molar-refractivity contribution in [2.75, 3.05) is 45.1 Å². The van der Waals surface area contributed by atoms with E-state index in [4.69, 9.17) is 4.74 Å². The topological polar surface area (TPSA) is 101 Å². The molecule has 0 spiro atoms. The van der Waals surface area contributed by atoms with Crippen molar-refractivity contribution >= 4 is 25.6 Å². The number of sulfone groups is 2. The maximum absolute atomic E-state index is 13.7. The number of carbonyl (C=O) groups excluding carboxylic acids is 1. The van der Waals surface area contributed by atoms with Gasteiger partial charge in [0.05, 0.1) is 33.3 Å². The van der Waals surface area contributed by atoms with Crippen molar-refractivity contribution in [3.8, 4) is 5.75 Å². The lowest BCUT2D eigenvalue weighted by molar-refractivity contribution is -0.138. The van der Waals surface area contributed by atoms with Gasteiger partial charge in [0.15, 0.2) is 19.7 Å². The molecule has 0 aromatic heterocycles. The summed E-state index contributed by atoms with van der Waals surface area (Å²) in [5, 5.41) is -1.44. The molecule has 0 radical (unpaired) electrons. The first-order valence-corrected chi connectivity index (χ1v) is 17.0. The third-order valence-corrected chi connectivity index (χ3v) is 11.9. The Hall–Kier alpha value is -3.42. The van der Waals surface area contributed by atoms with Gasteiger partial charge in [0.25, 0.3) is 5.91 Å². The summed E-state index contributed by atoms with van der Waals surface area (Å²) in [5.41, 5.74) is -0.404. The lowest BCUT2D eigenvalue weighted by atomic mass is 10.0. The Kier molecular flexibility index (Phi) is 8.61. The molecule has 0 bridgehead atoms. The molecule has 1 atom stereocenters. The van der Waals surface area contributed by atoms with Crippen LogP contribution in [0.4, 0.5) is 13.2 Å². The van der Waals surface area contributed by atoms with Crippen LogP contribution < -0.4 is 4.74 Å². The average Bonchev–Trinajstić information content (AvgIpc) is 3.28. The maximum atomic E-state index is 13.7. The number of piperazine rings is 1. The number of nitrogens with zero attached hydrogens (tertiary/aromatic N) is 2. The molecule has 1 saturated heterocycles. The first kappa shape index (κ1) is 31.0. The molecule has 13 heteroatoms. The Morgan fingerprint density at radius 3 is 2.26 bits per heavy atom. The van der Waals surface area contributed by atoms with Crippen molar-refractivity contribution in [3.63, 3.8) is 0 Å². The van der Waals surface area contributed by atoms with Crippen LogP contribution in [0.3, 0.4) is 0 Å². The minimum Gasteiger partial charge on any atom is -0.493 e. The SMILES string of the molecule is CCOc1c(C(=O)N2CCN(CCc3ccccc3C(F)(F)F)CC2)ccc2c1C(S(=O)(=O)c1ccccc1)CS2(=O)=O. The number of amides is 1. The van der Waals surface area contributed by atoms with Crippen molar-refractivity contribution in [3.05, 3.63) is 89.0 Å². The molecule has 2 aliphatic rings. The Morgan fingerprint density at radius 1 is 0.953 bits per heavy atom. The molecule has 3 aromatic rings. The number of hydrogen-bond donors (Lipinski definition) is 0. The van der Waals surface area contributed by atoms with Gasteiger partial charge in [-0.3, -0.25) is 9.69 Å². The van der Waals surface area contributed by atoms with E-state index in [0.29, 0.717) is 19.6 Å². The second-order valence-corrected chi connectivity index (χ2v) is 14.6. The Balaban J connectivity index is 1.37. The molecule has 1 fully saturated rings. The average molecular weight is 637 g/mol. The zero-order chi connectivity index (χ0) is 31.0. The number of ether oxygens (including phenoxy) is 1. The summed E-state index contributed by atoms with van der Waals surface area (Å²) in [4.78, 5) is 17.1. The van der Waals surface area contributed by atoms with Crippen molar-refractivity contribution in [2.45, 2.75) is 34.6 Å². The first-order chi connectivity index (χ1) is 20.3. The summed E-state index contributed by atoms with van der Waals surface area (Å²) in [5.74, 6) is -1.15. The summed E-state index contributed by atoms with van der Waals surface area (Å²) in [6.45, 7) is 3.53. The fourth-order valence-corrected chi connectivity index (χ4v) is 9.98. The molecule has 2 aliphatic heterocycles. The minimum atomic E-state index is -4.44. The number of alkyl halides is 3. The lowest BCUT2D eigenvalue weighted by Crippen LogP contribution is -2.49. The van der Waals surface area contributed by atoms with Crippen LogP contribution in [0.25, 0.3) is 0 Å². The summed E-state index contributed by atoms with van der Waals surface area (Å²) in [7, 11) is -8.11. The number of carbonyl (C=O) groups is 1. The van der Waals surface area contributed by atoms with Crippen LogP contribution in [0.5, 0.6) is 5.75 Å². The van der Waals surface area contributed by atoms with Gasteiger partial charge in [0.1, 0.15) is 11.0 Å². The first-order valence-electron chi connectivity index (χ1n) is 13.8. The van der Waals surface area contributed by atoms with Crippen LogP contribution in [0.15, 0.2) is 76.5 Å². The fourth-order valence-electron chi connectivity index (χ4n) is 5.66. The summed E-state index contributed by atoms with van der Waals surface area (Å²) < 4.78 is 99.3. The predicted octanol–water partition coefficient (Wildman–Crippen LogP) is 4.41. The number of rotatable bonds is 8. The largest absolute Gasteiger partial charge is 0.493 e. The van der Waals surface area contributed by atoms with Gasteiger partial charge in [-0.05, 0) is 49.2 Å². The lowest BCUT2D eigenvalue weighted by Gasteiger charge is -2.35. The van der Waals surface area contributed by atoms with Gasteiger partial charge in [-0.2, -0.15) is 13.2 Å². The number of fused-ring (bicyclic) bond motifs is 1. The van der Waals surface area contributed by atoms with E-state index in [1.807, 2.05) is 4.90 Å². The van der Waals surface area contributed by atoms with Gasteiger partial charge < -0.3 is 9.64 Å². The fraction of sp³-hybridized carbons (Fsp3) is 0.367. The Labute approximate surface area is 248 Å². The molecule has 1 unspecified atom stereocenters. The third-order valence-electron chi connectivity index (χ3n) is 7.83. The molecular weight excluding hydrogens is 605 g/mol. The van der Waals surface area contributed by atoms with E-state index in [-0.39, 0.29) is 58.3 Å². The molecular formula is C30H31F3N2O6S2. The molecule has 8 nitrogen and oxygen atoms in total. The smallest absolute Gasteiger partial charge is 0.416 e. The van der Waals surface area contributed by atoms with Gasteiger partial charge in [0.2, 0.25) is 0 Å². The highest BCUT2D eigenvalue weighted by Crippen LogP contribution is 2.47. The van der Waals surface area contributed by atoms with Crippen LogP contribution in [0.1, 0.15) is 39.2 Å². The predicted molar refractivity (Wildman–Crippen MR) is 154 cm³/mol. The summed E-state index contributed by atoms with van der Waals surface area (Å²) in [6.07, 6.45) is -4.23. The molecule has 0 N–H and O–H groups in total. The zero-order valence-electron chi connectivity index (χ0n) is 23.4. The number of hydrogen-bond acceptors (Lipinski definition) is 7. The summed E-state index contributed by atoms with van der Waals surface area (Å²) >= 11 is 0. The molecule has 3 aromatic carbocycles. The van der Waals surface area contributed by atoms with Gasteiger partial charge in [-0.25, -0.2) is 16.8 Å². The maximum Gasteiger partial charge on any atom is 0.416 e. The molecule has 0 saturated carbocycles. The highest BCUT2D eigenvalue weighted by atomic mass is 32.2. The van der Waals surface area contributed by atoms with E-state index >= 15 is 0 Å². The van der Waals surface area contributed by atoms with E-state index in [1.54, 1.807) is 36.1 Å². The van der Waals surface area contributed by atoms with Crippen molar-refractivity contribution in [2.24, 2.45) is 0 Å².